The lowest BCUT2D eigenvalue weighted by molar-refractivity contribution is 0.122. The van der Waals surface area contributed by atoms with E-state index in [9.17, 15) is 5.11 Å². The van der Waals surface area contributed by atoms with Gasteiger partial charge < -0.3 is 14.6 Å². The summed E-state index contributed by atoms with van der Waals surface area (Å²) in [6.07, 6.45) is 0.991. The number of ether oxygens (including phenoxy) is 2. The highest BCUT2D eigenvalue weighted by Crippen LogP contribution is 2.50. The molecular formula is C15H17N3O3. The van der Waals surface area contributed by atoms with Crippen LogP contribution in [0.1, 0.15) is 35.9 Å². The molecule has 2 aromatic rings. The molecule has 6 heteroatoms. The Kier molecular flexibility index (Phi) is 2.77. The molecule has 6 nitrogen and oxygen atoms in total. The number of epoxide rings is 1. The first-order valence-corrected chi connectivity index (χ1v) is 7.11. The Morgan fingerprint density at radius 1 is 1.43 bits per heavy atom. The van der Waals surface area contributed by atoms with Crippen LogP contribution >= 0.6 is 0 Å². The second-order valence-corrected chi connectivity index (χ2v) is 5.67. The van der Waals surface area contributed by atoms with Gasteiger partial charge in [0.1, 0.15) is 17.0 Å². The van der Waals surface area contributed by atoms with Gasteiger partial charge in [0.05, 0.1) is 32.1 Å². The number of aromatic nitrogens is 3. The molecule has 0 bridgehead atoms. The Labute approximate surface area is 122 Å². The van der Waals surface area contributed by atoms with E-state index in [1.165, 1.54) is 0 Å². The fraction of sp³-hybridized carbons (Fsp3) is 0.467. The van der Waals surface area contributed by atoms with Gasteiger partial charge in [0.15, 0.2) is 0 Å². The number of fused-ring (bicyclic) bond motifs is 2. The van der Waals surface area contributed by atoms with Crippen molar-refractivity contribution in [3.8, 4) is 5.75 Å². The first-order chi connectivity index (χ1) is 10.2. The average molecular weight is 287 g/mol. The summed E-state index contributed by atoms with van der Waals surface area (Å²) in [6, 6.07) is 7.87. The summed E-state index contributed by atoms with van der Waals surface area (Å²) >= 11 is 0. The van der Waals surface area contributed by atoms with Gasteiger partial charge in [0.25, 0.3) is 0 Å². The zero-order chi connectivity index (χ0) is 14.4. The standard InChI is InChI=1S/C15H17N3O3/c1-20-11-4-2-10(3-5-11)8-18-14-13(16-17-18)12(19)6-7-15(14)9-21-15/h2-5,12,19H,6-9H2,1H3. The summed E-state index contributed by atoms with van der Waals surface area (Å²) in [5.41, 5.74) is 2.47. The van der Waals surface area contributed by atoms with Crippen LogP contribution in [0.5, 0.6) is 5.75 Å². The normalized spacial score (nSPS) is 26.7. The number of hydrogen-bond donors (Lipinski definition) is 1. The van der Waals surface area contributed by atoms with Crippen molar-refractivity contribution in [3.05, 3.63) is 41.2 Å². The molecule has 1 aliphatic heterocycles. The highest BCUT2D eigenvalue weighted by molar-refractivity contribution is 5.31. The van der Waals surface area contributed by atoms with Gasteiger partial charge in [-0.3, -0.25) is 0 Å². The van der Waals surface area contributed by atoms with Crippen molar-refractivity contribution in [1.29, 1.82) is 0 Å². The number of methoxy groups -OCH3 is 1. The van der Waals surface area contributed by atoms with E-state index < -0.39 is 6.10 Å². The smallest absolute Gasteiger partial charge is 0.135 e. The van der Waals surface area contributed by atoms with Gasteiger partial charge in [-0.1, -0.05) is 17.3 Å². The minimum absolute atomic E-state index is 0.259. The van der Waals surface area contributed by atoms with Crippen LogP contribution in [0.2, 0.25) is 0 Å². The molecule has 2 heterocycles. The summed E-state index contributed by atoms with van der Waals surface area (Å²) in [4.78, 5) is 0. The van der Waals surface area contributed by atoms with Crippen LogP contribution < -0.4 is 4.74 Å². The minimum Gasteiger partial charge on any atom is -0.497 e. The number of benzene rings is 1. The molecule has 0 amide bonds. The molecule has 1 saturated heterocycles. The number of aliphatic hydroxyl groups is 1. The van der Waals surface area contributed by atoms with Gasteiger partial charge in [-0.15, -0.1) is 5.10 Å². The highest BCUT2D eigenvalue weighted by Gasteiger charge is 2.54. The predicted molar refractivity (Wildman–Crippen MR) is 73.9 cm³/mol. The van der Waals surface area contributed by atoms with Crippen molar-refractivity contribution in [2.75, 3.05) is 13.7 Å². The highest BCUT2D eigenvalue weighted by atomic mass is 16.6. The number of hydrogen-bond acceptors (Lipinski definition) is 5. The predicted octanol–water partition coefficient (Wildman–Crippen LogP) is 1.39. The third-order valence-corrected chi connectivity index (χ3v) is 4.31. The van der Waals surface area contributed by atoms with Crippen LogP contribution in [0.4, 0.5) is 0 Å². The van der Waals surface area contributed by atoms with Gasteiger partial charge in [-0.25, -0.2) is 4.68 Å². The van der Waals surface area contributed by atoms with Crippen LogP contribution in [-0.4, -0.2) is 33.8 Å². The van der Waals surface area contributed by atoms with Gasteiger partial charge in [-0.05, 0) is 30.5 Å². The van der Waals surface area contributed by atoms with Crippen molar-refractivity contribution in [2.24, 2.45) is 0 Å². The van der Waals surface area contributed by atoms with Crippen molar-refractivity contribution in [2.45, 2.75) is 31.1 Å². The molecule has 21 heavy (non-hydrogen) atoms. The van der Waals surface area contributed by atoms with Gasteiger partial charge in [0, 0.05) is 0 Å². The molecule has 1 aromatic carbocycles. The van der Waals surface area contributed by atoms with E-state index >= 15 is 0 Å². The Morgan fingerprint density at radius 2 is 2.19 bits per heavy atom. The zero-order valence-corrected chi connectivity index (χ0v) is 11.8. The summed E-state index contributed by atoms with van der Waals surface area (Å²) in [7, 11) is 1.65. The van der Waals surface area contributed by atoms with Crippen LogP contribution in [-0.2, 0) is 16.9 Å². The number of rotatable bonds is 3. The van der Waals surface area contributed by atoms with Crippen LogP contribution in [0.25, 0.3) is 0 Å². The quantitative estimate of drug-likeness (QED) is 0.864. The summed E-state index contributed by atoms with van der Waals surface area (Å²) in [5, 5.41) is 18.5. The zero-order valence-electron chi connectivity index (χ0n) is 11.8. The van der Waals surface area contributed by atoms with Crippen molar-refractivity contribution < 1.29 is 14.6 Å². The number of nitrogens with zero attached hydrogens (tertiary/aromatic N) is 3. The lowest BCUT2D eigenvalue weighted by Gasteiger charge is -2.23. The van der Waals surface area contributed by atoms with Crippen LogP contribution in [0.3, 0.4) is 0 Å². The average Bonchev–Trinajstić information content (AvgIpc) is 3.16. The Balaban J connectivity index is 1.67. The van der Waals surface area contributed by atoms with Crippen molar-refractivity contribution >= 4 is 0 Å². The van der Waals surface area contributed by atoms with E-state index in [0.29, 0.717) is 25.3 Å². The van der Waals surface area contributed by atoms with Gasteiger partial charge in [-0.2, -0.15) is 0 Å². The Morgan fingerprint density at radius 3 is 2.86 bits per heavy atom. The molecule has 1 aliphatic carbocycles. The summed E-state index contributed by atoms with van der Waals surface area (Å²) < 4.78 is 12.7. The second-order valence-electron chi connectivity index (χ2n) is 5.67. The molecule has 1 aromatic heterocycles. The molecule has 110 valence electrons. The Hall–Kier alpha value is -1.92. The molecule has 1 fully saturated rings. The molecule has 2 atom stereocenters. The summed E-state index contributed by atoms with van der Waals surface area (Å²) in [5.74, 6) is 0.830. The maximum Gasteiger partial charge on any atom is 0.135 e. The van der Waals surface area contributed by atoms with Crippen molar-refractivity contribution in [1.82, 2.24) is 15.0 Å². The van der Waals surface area contributed by atoms with Gasteiger partial charge in [0.2, 0.25) is 0 Å². The molecule has 0 radical (unpaired) electrons. The first-order valence-electron chi connectivity index (χ1n) is 7.11. The fourth-order valence-electron chi connectivity index (χ4n) is 3.03. The third kappa shape index (κ3) is 2.02. The molecule has 2 unspecified atom stereocenters. The maximum atomic E-state index is 10.1. The van der Waals surface area contributed by atoms with E-state index in [0.717, 1.165) is 23.4 Å². The minimum atomic E-state index is -0.528. The van der Waals surface area contributed by atoms with E-state index in [1.54, 1.807) is 7.11 Å². The summed E-state index contributed by atoms with van der Waals surface area (Å²) in [6.45, 7) is 1.31. The maximum absolute atomic E-state index is 10.1. The monoisotopic (exact) mass is 287 g/mol. The molecule has 0 saturated carbocycles. The second kappa shape index (κ2) is 4.54. The largest absolute Gasteiger partial charge is 0.497 e. The Bertz CT molecular complexity index is 661. The van der Waals surface area contributed by atoms with Crippen LogP contribution in [0.15, 0.2) is 24.3 Å². The first kappa shape index (κ1) is 12.8. The lowest BCUT2D eigenvalue weighted by Crippen LogP contribution is -2.24. The topological polar surface area (TPSA) is 72.7 Å². The number of aliphatic hydroxyl groups excluding tert-OH is 1. The van der Waals surface area contributed by atoms with Crippen molar-refractivity contribution in [3.63, 3.8) is 0 Å². The lowest BCUT2D eigenvalue weighted by atomic mass is 9.88. The molecule has 1 spiro atoms. The molecule has 2 aliphatic rings. The molecule has 4 rings (SSSR count). The van der Waals surface area contributed by atoms with E-state index in [2.05, 4.69) is 10.3 Å². The van der Waals surface area contributed by atoms with E-state index in [1.807, 2.05) is 28.9 Å². The fourth-order valence-corrected chi connectivity index (χ4v) is 3.03. The third-order valence-electron chi connectivity index (χ3n) is 4.31. The van der Waals surface area contributed by atoms with Gasteiger partial charge >= 0.3 is 0 Å². The van der Waals surface area contributed by atoms with E-state index in [4.69, 9.17) is 9.47 Å². The van der Waals surface area contributed by atoms with Crippen LogP contribution in [0, 0.1) is 0 Å². The molecular weight excluding hydrogens is 270 g/mol. The molecule has 1 N–H and O–H groups in total. The SMILES string of the molecule is COc1ccc(Cn2nnc3c2C2(CCC3O)CO2)cc1. The van der Waals surface area contributed by atoms with E-state index in [-0.39, 0.29) is 5.60 Å².